The summed E-state index contributed by atoms with van der Waals surface area (Å²) in [5, 5.41) is 11.8. The molecule has 6 heteroatoms. The lowest BCUT2D eigenvalue weighted by Gasteiger charge is -2.62. The van der Waals surface area contributed by atoms with E-state index in [1.807, 2.05) is 18.0 Å². The molecule has 2 amide bonds. The average molecular weight is 319 g/mol. The van der Waals surface area contributed by atoms with E-state index in [0.717, 1.165) is 24.1 Å². The van der Waals surface area contributed by atoms with Gasteiger partial charge in [-0.05, 0) is 31.4 Å². The van der Waals surface area contributed by atoms with Crippen molar-refractivity contribution in [2.45, 2.75) is 44.4 Å². The summed E-state index contributed by atoms with van der Waals surface area (Å²) in [6.45, 7) is 0.475. The molecular formula is C16H21N3O2S. The van der Waals surface area contributed by atoms with Crippen LogP contribution in [-0.2, 0) is 11.3 Å². The van der Waals surface area contributed by atoms with Gasteiger partial charge in [0.05, 0.1) is 12.6 Å². The Balaban J connectivity index is 1.55. The van der Waals surface area contributed by atoms with Crippen molar-refractivity contribution in [2.24, 2.45) is 5.41 Å². The van der Waals surface area contributed by atoms with Crippen molar-refractivity contribution in [2.75, 3.05) is 14.2 Å². The molecule has 0 aliphatic heterocycles. The molecule has 3 rings (SSSR count). The summed E-state index contributed by atoms with van der Waals surface area (Å²) in [5.41, 5.74) is 0.192. The van der Waals surface area contributed by atoms with Crippen molar-refractivity contribution in [1.82, 2.24) is 10.2 Å². The highest BCUT2D eigenvalue weighted by Gasteiger charge is 2.60. The first-order chi connectivity index (χ1) is 10.6. The van der Waals surface area contributed by atoms with Gasteiger partial charge in [-0.3, -0.25) is 0 Å². The zero-order valence-electron chi connectivity index (χ0n) is 13.0. The van der Waals surface area contributed by atoms with Gasteiger partial charge in [0, 0.05) is 30.5 Å². The first-order valence-corrected chi connectivity index (χ1v) is 8.44. The number of ether oxygens (including phenoxy) is 1. The second-order valence-electron chi connectivity index (χ2n) is 6.21. The molecule has 2 aliphatic carbocycles. The van der Waals surface area contributed by atoms with Gasteiger partial charge in [0.25, 0.3) is 0 Å². The Labute approximate surface area is 134 Å². The number of methoxy groups -OCH3 is 1. The Morgan fingerprint density at radius 2 is 2.36 bits per heavy atom. The summed E-state index contributed by atoms with van der Waals surface area (Å²) in [6, 6.07) is 6.03. The standard InChI is InChI=1S/C16H21N3O2S/c1-19(13-8-14(21-2)16(13)6-3-7-16)15(20)18-10-12-5-4-11(9-17)22-12/h4-5,13-14H,3,6-8,10H2,1-2H3,(H,18,20)/t13-,14-/m0/s1. The fourth-order valence-corrected chi connectivity index (χ4v) is 4.55. The Hall–Kier alpha value is -1.58. The Bertz CT molecular complexity index is 603. The molecule has 0 saturated heterocycles. The largest absolute Gasteiger partial charge is 0.381 e. The number of amides is 2. The minimum atomic E-state index is -0.0438. The predicted octanol–water partition coefficient (Wildman–Crippen LogP) is 2.72. The van der Waals surface area contributed by atoms with Gasteiger partial charge < -0.3 is 15.0 Å². The van der Waals surface area contributed by atoms with Crippen molar-refractivity contribution < 1.29 is 9.53 Å². The highest BCUT2D eigenvalue weighted by atomic mass is 32.1. The zero-order valence-corrected chi connectivity index (χ0v) is 13.8. The summed E-state index contributed by atoms with van der Waals surface area (Å²) in [5.74, 6) is 0. The molecular weight excluding hydrogens is 298 g/mol. The van der Waals surface area contributed by atoms with Gasteiger partial charge in [-0.2, -0.15) is 5.26 Å². The third-order valence-electron chi connectivity index (χ3n) is 5.28. The molecule has 1 aromatic heterocycles. The second-order valence-corrected chi connectivity index (χ2v) is 7.38. The minimum Gasteiger partial charge on any atom is -0.381 e. The SMILES string of the molecule is CO[C@H]1C[C@H](N(C)C(=O)NCc2ccc(C#N)s2)C12CCC2. The predicted molar refractivity (Wildman–Crippen MR) is 84.5 cm³/mol. The van der Waals surface area contributed by atoms with Crippen LogP contribution >= 0.6 is 11.3 Å². The molecule has 0 aromatic carbocycles. The van der Waals surface area contributed by atoms with Gasteiger partial charge in [-0.1, -0.05) is 6.42 Å². The molecule has 2 atom stereocenters. The summed E-state index contributed by atoms with van der Waals surface area (Å²) < 4.78 is 5.56. The normalized spacial score (nSPS) is 25.0. The molecule has 1 N–H and O–H groups in total. The summed E-state index contributed by atoms with van der Waals surface area (Å²) in [4.78, 5) is 15.9. The molecule has 2 saturated carbocycles. The van der Waals surface area contributed by atoms with Crippen LogP contribution in [0.4, 0.5) is 4.79 Å². The number of carbonyl (C=O) groups excluding carboxylic acids is 1. The number of nitrogens with zero attached hydrogens (tertiary/aromatic N) is 2. The van der Waals surface area contributed by atoms with Crippen molar-refractivity contribution in [3.05, 3.63) is 21.9 Å². The van der Waals surface area contributed by atoms with Crippen LogP contribution in [0.3, 0.4) is 0 Å². The molecule has 1 heterocycles. The molecule has 0 unspecified atom stereocenters. The van der Waals surface area contributed by atoms with Gasteiger partial charge in [0.15, 0.2) is 0 Å². The molecule has 0 bridgehead atoms. The number of nitriles is 1. The maximum absolute atomic E-state index is 12.4. The third-order valence-corrected chi connectivity index (χ3v) is 6.27. The fraction of sp³-hybridized carbons (Fsp3) is 0.625. The summed E-state index contributed by atoms with van der Waals surface area (Å²) in [7, 11) is 3.64. The highest BCUT2D eigenvalue weighted by molar-refractivity contribution is 7.12. The minimum absolute atomic E-state index is 0.0438. The van der Waals surface area contributed by atoms with Gasteiger partial charge in [0.1, 0.15) is 10.9 Å². The molecule has 1 spiro atoms. The van der Waals surface area contributed by atoms with Crippen LogP contribution < -0.4 is 5.32 Å². The molecule has 118 valence electrons. The van der Waals surface area contributed by atoms with E-state index in [9.17, 15) is 4.79 Å². The molecule has 0 radical (unpaired) electrons. The number of thiophene rings is 1. The lowest BCUT2D eigenvalue weighted by atomic mass is 9.50. The van der Waals surface area contributed by atoms with Gasteiger partial charge >= 0.3 is 6.03 Å². The number of carbonyl (C=O) groups is 1. The number of rotatable bonds is 4. The summed E-state index contributed by atoms with van der Waals surface area (Å²) in [6.07, 6.45) is 4.78. The van der Waals surface area contributed by atoms with E-state index in [-0.39, 0.29) is 17.5 Å². The molecule has 2 aliphatic rings. The van der Waals surface area contributed by atoms with E-state index in [4.69, 9.17) is 10.00 Å². The number of hydrogen-bond acceptors (Lipinski definition) is 4. The van der Waals surface area contributed by atoms with Crippen LogP contribution in [0.2, 0.25) is 0 Å². The van der Waals surface area contributed by atoms with E-state index < -0.39 is 0 Å². The Morgan fingerprint density at radius 1 is 1.59 bits per heavy atom. The second kappa shape index (κ2) is 5.90. The van der Waals surface area contributed by atoms with Gasteiger partial charge in [-0.15, -0.1) is 11.3 Å². The van der Waals surface area contributed by atoms with E-state index in [2.05, 4.69) is 11.4 Å². The van der Waals surface area contributed by atoms with Crippen LogP contribution in [0, 0.1) is 16.7 Å². The molecule has 22 heavy (non-hydrogen) atoms. The van der Waals surface area contributed by atoms with Crippen LogP contribution in [0.1, 0.15) is 35.4 Å². The van der Waals surface area contributed by atoms with Crippen molar-refractivity contribution >= 4 is 17.4 Å². The maximum Gasteiger partial charge on any atom is 0.317 e. The van der Waals surface area contributed by atoms with Gasteiger partial charge in [0.2, 0.25) is 0 Å². The van der Waals surface area contributed by atoms with E-state index in [0.29, 0.717) is 17.5 Å². The number of nitrogens with one attached hydrogen (secondary N) is 1. The number of hydrogen-bond donors (Lipinski definition) is 1. The molecule has 5 nitrogen and oxygen atoms in total. The average Bonchev–Trinajstić information content (AvgIpc) is 2.90. The topological polar surface area (TPSA) is 65.4 Å². The van der Waals surface area contributed by atoms with Gasteiger partial charge in [-0.25, -0.2) is 4.79 Å². The van der Waals surface area contributed by atoms with Crippen LogP contribution in [-0.4, -0.2) is 37.2 Å². The maximum atomic E-state index is 12.4. The van der Waals surface area contributed by atoms with Crippen LogP contribution in [0.5, 0.6) is 0 Å². The molecule has 1 aromatic rings. The van der Waals surface area contributed by atoms with Crippen molar-refractivity contribution in [3.8, 4) is 6.07 Å². The van der Waals surface area contributed by atoms with Crippen molar-refractivity contribution in [3.63, 3.8) is 0 Å². The fourth-order valence-electron chi connectivity index (χ4n) is 3.80. The number of urea groups is 1. The summed E-state index contributed by atoms with van der Waals surface area (Å²) >= 11 is 1.42. The Kier molecular flexibility index (Phi) is 4.11. The quantitative estimate of drug-likeness (QED) is 0.928. The van der Waals surface area contributed by atoms with E-state index >= 15 is 0 Å². The van der Waals surface area contributed by atoms with E-state index in [1.165, 1.54) is 17.8 Å². The third kappa shape index (κ3) is 2.38. The lowest BCUT2D eigenvalue weighted by Crippen LogP contribution is -2.68. The monoisotopic (exact) mass is 319 g/mol. The first kappa shape index (κ1) is 15.3. The van der Waals surface area contributed by atoms with Crippen molar-refractivity contribution in [1.29, 1.82) is 5.26 Å². The zero-order chi connectivity index (χ0) is 15.7. The van der Waals surface area contributed by atoms with Crippen LogP contribution in [0.25, 0.3) is 0 Å². The van der Waals surface area contributed by atoms with Crippen LogP contribution in [0.15, 0.2) is 12.1 Å². The first-order valence-electron chi connectivity index (χ1n) is 7.63. The van der Waals surface area contributed by atoms with E-state index in [1.54, 1.807) is 13.2 Å². The highest BCUT2D eigenvalue weighted by Crippen LogP contribution is 2.58. The lowest BCUT2D eigenvalue weighted by molar-refractivity contribution is -0.182. The molecule has 2 fully saturated rings. The Morgan fingerprint density at radius 3 is 2.91 bits per heavy atom. The smallest absolute Gasteiger partial charge is 0.317 e.